The largest absolute Gasteiger partial charge is 0.480 e. The summed E-state index contributed by atoms with van der Waals surface area (Å²) in [5.41, 5.74) is 5.60. The van der Waals surface area contributed by atoms with Crippen LogP contribution in [0, 0.1) is 0 Å². The maximum atomic E-state index is 11.5. The Morgan fingerprint density at radius 2 is 1.91 bits per heavy atom. The van der Waals surface area contributed by atoms with E-state index in [2.05, 4.69) is 20.8 Å². The van der Waals surface area contributed by atoms with Crippen LogP contribution < -0.4 is 16.4 Å². The normalized spacial score (nSPS) is 16.4. The van der Waals surface area contributed by atoms with E-state index in [1.165, 1.54) is 13.8 Å². The number of aliphatic hydroxyl groups excluding tert-OH is 2. The van der Waals surface area contributed by atoms with Crippen molar-refractivity contribution in [1.82, 2.24) is 20.8 Å². The zero-order chi connectivity index (χ0) is 16.9. The number of carbonyl (C=O) groups is 2. The van der Waals surface area contributed by atoms with Crippen LogP contribution in [0.1, 0.15) is 31.7 Å². The zero-order valence-electron chi connectivity index (χ0n) is 12.1. The van der Waals surface area contributed by atoms with Gasteiger partial charge in [0.05, 0.1) is 18.8 Å². The van der Waals surface area contributed by atoms with Crippen molar-refractivity contribution in [3.8, 4) is 0 Å². The van der Waals surface area contributed by atoms with E-state index in [-0.39, 0.29) is 18.3 Å². The van der Waals surface area contributed by atoms with E-state index in [1.807, 2.05) is 0 Å². The molecule has 124 valence electrons. The Kier molecular flexibility index (Phi) is 6.22. The summed E-state index contributed by atoms with van der Waals surface area (Å²) in [6.07, 6.45) is -2.14. The average molecular weight is 317 g/mol. The minimum absolute atomic E-state index is 0.0135. The van der Waals surface area contributed by atoms with Gasteiger partial charge in [0.25, 0.3) is 0 Å². The highest BCUT2D eigenvalue weighted by atomic mass is 16.4. The molecule has 0 saturated carbocycles. The Balaban J connectivity index is 2.52. The van der Waals surface area contributed by atoms with Crippen LogP contribution in [0.5, 0.6) is 0 Å². The summed E-state index contributed by atoms with van der Waals surface area (Å²) < 4.78 is 5.14. The number of aromatic nitrogens is 2. The SMILES string of the molecule is CC(O)C(NC(=O)NCc1nnc(C(N)C(C)O)o1)C(=O)O. The molecule has 11 heteroatoms. The van der Waals surface area contributed by atoms with Crippen LogP contribution in [0.25, 0.3) is 0 Å². The van der Waals surface area contributed by atoms with Crippen LogP contribution in [0.3, 0.4) is 0 Å². The lowest BCUT2D eigenvalue weighted by Gasteiger charge is -2.16. The highest BCUT2D eigenvalue weighted by molar-refractivity contribution is 5.82. The fourth-order valence-electron chi connectivity index (χ4n) is 1.42. The van der Waals surface area contributed by atoms with E-state index < -0.39 is 36.3 Å². The molecular formula is C11H19N5O6. The van der Waals surface area contributed by atoms with Gasteiger partial charge in [-0.3, -0.25) is 0 Å². The molecule has 0 aliphatic rings. The monoisotopic (exact) mass is 317 g/mol. The number of amides is 2. The number of urea groups is 1. The lowest BCUT2D eigenvalue weighted by Crippen LogP contribution is -2.51. The maximum Gasteiger partial charge on any atom is 0.328 e. The summed E-state index contributed by atoms with van der Waals surface area (Å²) in [5.74, 6) is -1.32. The first-order valence-electron chi connectivity index (χ1n) is 6.43. The molecule has 1 aromatic rings. The maximum absolute atomic E-state index is 11.5. The molecule has 0 fully saturated rings. The van der Waals surface area contributed by atoms with Crippen LogP contribution in [-0.4, -0.2) is 55.8 Å². The Morgan fingerprint density at radius 1 is 1.27 bits per heavy atom. The Morgan fingerprint density at radius 3 is 2.41 bits per heavy atom. The van der Waals surface area contributed by atoms with Gasteiger partial charge in [0.1, 0.15) is 6.04 Å². The number of carboxylic acid groups (broad SMARTS) is 1. The molecule has 1 rings (SSSR count). The van der Waals surface area contributed by atoms with Crippen LogP contribution in [0.2, 0.25) is 0 Å². The molecule has 1 aromatic heterocycles. The van der Waals surface area contributed by atoms with Crippen molar-refractivity contribution in [3.63, 3.8) is 0 Å². The quantitative estimate of drug-likeness (QED) is 0.333. The van der Waals surface area contributed by atoms with Crippen molar-refractivity contribution in [2.24, 2.45) is 5.73 Å². The van der Waals surface area contributed by atoms with E-state index in [0.717, 1.165) is 0 Å². The zero-order valence-corrected chi connectivity index (χ0v) is 12.1. The third-order valence-electron chi connectivity index (χ3n) is 2.72. The fraction of sp³-hybridized carbons (Fsp3) is 0.636. The van der Waals surface area contributed by atoms with Crippen molar-refractivity contribution in [3.05, 3.63) is 11.8 Å². The van der Waals surface area contributed by atoms with Crippen molar-refractivity contribution in [1.29, 1.82) is 0 Å². The molecule has 22 heavy (non-hydrogen) atoms. The molecule has 0 aliphatic heterocycles. The van der Waals surface area contributed by atoms with Crippen LogP contribution in [0.4, 0.5) is 4.79 Å². The summed E-state index contributed by atoms with van der Waals surface area (Å²) in [6, 6.07) is -3.11. The highest BCUT2D eigenvalue weighted by Gasteiger charge is 2.25. The Hall–Kier alpha value is -2.24. The molecule has 0 aliphatic carbocycles. The van der Waals surface area contributed by atoms with E-state index in [9.17, 15) is 19.8 Å². The summed E-state index contributed by atoms with van der Waals surface area (Å²) >= 11 is 0. The molecule has 4 unspecified atom stereocenters. The average Bonchev–Trinajstić information content (AvgIpc) is 2.89. The van der Waals surface area contributed by atoms with Gasteiger partial charge in [0.2, 0.25) is 11.8 Å². The second-order valence-electron chi connectivity index (χ2n) is 4.68. The fourth-order valence-corrected chi connectivity index (χ4v) is 1.42. The number of nitrogens with two attached hydrogens (primary N) is 1. The Labute approximate surface area is 125 Å². The summed E-state index contributed by atoms with van der Waals surface area (Å²) in [4.78, 5) is 22.3. The van der Waals surface area contributed by atoms with Gasteiger partial charge in [-0.2, -0.15) is 0 Å². The number of hydrogen-bond donors (Lipinski definition) is 6. The predicted molar refractivity (Wildman–Crippen MR) is 71.4 cm³/mol. The van der Waals surface area contributed by atoms with Gasteiger partial charge < -0.3 is 36.1 Å². The van der Waals surface area contributed by atoms with Crippen molar-refractivity contribution in [2.75, 3.05) is 0 Å². The van der Waals surface area contributed by atoms with E-state index in [4.69, 9.17) is 15.3 Å². The molecule has 0 spiro atoms. The van der Waals surface area contributed by atoms with Gasteiger partial charge in [-0.25, -0.2) is 9.59 Å². The number of nitrogens with one attached hydrogen (secondary N) is 2. The number of aliphatic hydroxyl groups is 2. The third-order valence-corrected chi connectivity index (χ3v) is 2.72. The molecule has 4 atom stereocenters. The second-order valence-corrected chi connectivity index (χ2v) is 4.68. The second kappa shape index (κ2) is 7.68. The standard InChI is InChI=1S/C11H19N5O6/c1-4(17)7(12)9-16-15-6(22-9)3-13-11(21)14-8(5(2)18)10(19)20/h4-5,7-8,17-18H,3,12H2,1-2H3,(H,19,20)(H2,13,14,21). The molecular weight excluding hydrogens is 298 g/mol. The first-order valence-corrected chi connectivity index (χ1v) is 6.43. The smallest absolute Gasteiger partial charge is 0.328 e. The topological polar surface area (TPSA) is 184 Å². The molecule has 1 heterocycles. The van der Waals surface area contributed by atoms with Gasteiger partial charge in [-0.1, -0.05) is 0 Å². The first kappa shape index (κ1) is 17.8. The first-order chi connectivity index (χ1) is 10.2. The number of carboxylic acids is 1. The number of aliphatic carboxylic acids is 1. The van der Waals surface area contributed by atoms with E-state index >= 15 is 0 Å². The Bertz CT molecular complexity index is 517. The lowest BCUT2D eigenvalue weighted by molar-refractivity contribution is -0.141. The number of rotatable bonds is 7. The minimum Gasteiger partial charge on any atom is -0.480 e. The molecule has 0 aromatic carbocycles. The van der Waals surface area contributed by atoms with Gasteiger partial charge in [-0.15, -0.1) is 10.2 Å². The van der Waals surface area contributed by atoms with Crippen molar-refractivity contribution in [2.45, 2.75) is 44.7 Å². The molecule has 0 radical (unpaired) electrons. The minimum atomic E-state index is -1.44. The number of carbonyl (C=O) groups excluding carboxylic acids is 1. The molecule has 7 N–H and O–H groups in total. The van der Waals surface area contributed by atoms with Crippen LogP contribution in [0.15, 0.2) is 4.42 Å². The lowest BCUT2D eigenvalue weighted by atomic mass is 10.2. The predicted octanol–water partition coefficient (Wildman–Crippen LogP) is -1.92. The van der Waals surface area contributed by atoms with E-state index in [0.29, 0.717) is 0 Å². The number of hydrogen-bond acceptors (Lipinski definition) is 8. The summed E-state index contributed by atoms with van der Waals surface area (Å²) in [5, 5.41) is 39.0. The van der Waals surface area contributed by atoms with Crippen LogP contribution in [-0.2, 0) is 11.3 Å². The molecule has 11 nitrogen and oxygen atoms in total. The third kappa shape index (κ3) is 4.95. The summed E-state index contributed by atoms with van der Waals surface area (Å²) in [7, 11) is 0. The van der Waals surface area contributed by atoms with Crippen LogP contribution >= 0.6 is 0 Å². The molecule has 0 bridgehead atoms. The van der Waals surface area contributed by atoms with Gasteiger partial charge in [-0.05, 0) is 13.8 Å². The van der Waals surface area contributed by atoms with Gasteiger partial charge >= 0.3 is 12.0 Å². The van der Waals surface area contributed by atoms with E-state index in [1.54, 1.807) is 0 Å². The van der Waals surface area contributed by atoms with Crippen molar-refractivity contribution >= 4 is 12.0 Å². The molecule has 2 amide bonds. The summed E-state index contributed by atoms with van der Waals surface area (Å²) in [6.45, 7) is 2.53. The molecule has 0 saturated heterocycles. The number of nitrogens with zero attached hydrogens (tertiary/aromatic N) is 2. The highest BCUT2D eigenvalue weighted by Crippen LogP contribution is 2.12. The van der Waals surface area contributed by atoms with Crippen molar-refractivity contribution < 1.29 is 29.3 Å². The van der Waals surface area contributed by atoms with Gasteiger partial charge in [0, 0.05) is 0 Å². The van der Waals surface area contributed by atoms with Gasteiger partial charge in [0.15, 0.2) is 6.04 Å².